The van der Waals surface area contributed by atoms with Crippen molar-refractivity contribution < 1.29 is 14.3 Å². The molecule has 2 aliphatic rings. The number of nitrogens with two attached hydrogens (primary N) is 1. The molecule has 44 heavy (non-hydrogen) atoms. The van der Waals surface area contributed by atoms with Gasteiger partial charge in [0, 0.05) is 61.0 Å². The maximum atomic E-state index is 12.0. The topological polar surface area (TPSA) is 117 Å². The number of fused-ring (bicyclic) bond motifs is 2. The summed E-state index contributed by atoms with van der Waals surface area (Å²) < 4.78 is 6.32. The highest BCUT2D eigenvalue weighted by Crippen LogP contribution is 2.35. The van der Waals surface area contributed by atoms with Gasteiger partial charge in [-0.15, -0.1) is 0 Å². The average Bonchev–Trinajstić information content (AvgIpc) is 3.44. The molecule has 1 saturated heterocycles. The number of amides is 2. The number of carbonyl (C=O) groups is 2. The Morgan fingerprint density at radius 1 is 1.14 bits per heavy atom. The molecule has 5 rings (SSSR count). The monoisotopic (exact) mass is 599 g/mol. The Kier molecular flexibility index (Phi) is 10.3. The minimum absolute atomic E-state index is 0.332. The van der Waals surface area contributed by atoms with E-state index in [1.807, 2.05) is 0 Å². The van der Waals surface area contributed by atoms with Gasteiger partial charge in [0.1, 0.15) is 12.4 Å². The molecule has 0 radical (unpaired) electrons. The van der Waals surface area contributed by atoms with Crippen LogP contribution in [0.5, 0.6) is 6.01 Å². The number of aromatic nitrogens is 2. The van der Waals surface area contributed by atoms with Crippen molar-refractivity contribution in [2.75, 3.05) is 56.2 Å². The average molecular weight is 600 g/mol. The van der Waals surface area contributed by atoms with Gasteiger partial charge in [-0.05, 0) is 69.6 Å². The second-order valence-electron chi connectivity index (χ2n) is 11.8. The number of nitrogens with zero attached hydrogens (tertiary/aromatic N) is 5. The zero-order valence-corrected chi connectivity index (χ0v) is 26.2. The molecule has 0 saturated carbocycles. The number of hydrogen-bond acceptors (Lipinski definition) is 8. The van der Waals surface area contributed by atoms with E-state index in [9.17, 15) is 9.59 Å². The lowest BCUT2D eigenvalue weighted by molar-refractivity contribution is -0.117. The fourth-order valence-electron chi connectivity index (χ4n) is 6.34. The summed E-state index contributed by atoms with van der Waals surface area (Å²) in [6, 6.07) is 13.8. The molecule has 2 amide bonds. The van der Waals surface area contributed by atoms with Gasteiger partial charge in [-0.1, -0.05) is 37.3 Å². The third-order valence-electron chi connectivity index (χ3n) is 8.63. The van der Waals surface area contributed by atoms with Gasteiger partial charge in [0.2, 0.25) is 11.8 Å². The van der Waals surface area contributed by atoms with Crippen molar-refractivity contribution in [2.24, 2.45) is 5.73 Å². The predicted molar refractivity (Wildman–Crippen MR) is 175 cm³/mol. The van der Waals surface area contributed by atoms with Crippen LogP contribution in [0.15, 0.2) is 48.6 Å². The van der Waals surface area contributed by atoms with Gasteiger partial charge in [-0.2, -0.15) is 9.97 Å². The minimum Gasteiger partial charge on any atom is -0.462 e. The first kappa shape index (κ1) is 31.3. The van der Waals surface area contributed by atoms with Crippen LogP contribution in [0.25, 0.3) is 10.8 Å². The number of benzene rings is 2. The summed E-state index contributed by atoms with van der Waals surface area (Å²) in [6.07, 6.45) is 7.04. The maximum absolute atomic E-state index is 12.0. The molecule has 0 spiro atoms. The fourth-order valence-corrected chi connectivity index (χ4v) is 6.34. The number of nitrogens with one attached hydrogen (secondary N) is 1. The molecule has 0 unspecified atom stereocenters. The van der Waals surface area contributed by atoms with E-state index < -0.39 is 5.91 Å². The van der Waals surface area contributed by atoms with Crippen LogP contribution >= 0.6 is 0 Å². The number of primary amides is 1. The summed E-state index contributed by atoms with van der Waals surface area (Å²) in [5.41, 5.74) is 9.77. The highest BCUT2D eigenvalue weighted by molar-refractivity contribution is 5.97. The fraction of sp³-hybridized carbons (Fsp3) is 0.471. The lowest BCUT2D eigenvalue weighted by Crippen LogP contribution is -2.36. The van der Waals surface area contributed by atoms with Crippen LogP contribution in [0.2, 0.25) is 0 Å². The van der Waals surface area contributed by atoms with Crippen LogP contribution in [-0.4, -0.2) is 79.1 Å². The molecule has 10 nitrogen and oxygen atoms in total. The number of hydrogen-bond donors (Lipinski definition) is 2. The number of ether oxygens (including phenoxy) is 1. The molecule has 1 atom stereocenters. The molecule has 0 bridgehead atoms. The second-order valence-corrected chi connectivity index (χ2v) is 11.8. The van der Waals surface area contributed by atoms with Crippen LogP contribution in [0.3, 0.4) is 0 Å². The Hall–Kier alpha value is -4.18. The lowest BCUT2D eigenvalue weighted by Gasteiger charge is -2.34. The van der Waals surface area contributed by atoms with E-state index in [4.69, 9.17) is 20.4 Å². The summed E-state index contributed by atoms with van der Waals surface area (Å²) in [5, 5.41) is 5.36. The van der Waals surface area contributed by atoms with E-state index >= 15 is 0 Å². The van der Waals surface area contributed by atoms with Gasteiger partial charge in [0.15, 0.2) is 0 Å². The summed E-state index contributed by atoms with van der Waals surface area (Å²) in [5.74, 6) is -0.0449. The molecular formula is C34H45N7O3. The van der Waals surface area contributed by atoms with Gasteiger partial charge in [0.05, 0.1) is 12.2 Å². The maximum Gasteiger partial charge on any atom is 0.318 e. The van der Waals surface area contributed by atoms with Crippen LogP contribution in [-0.2, 0) is 22.6 Å². The number of carbonyl (C=O) groups excluding carboxylic acids is 2. The molecule has 2 aliphatic heterocycles. The Labute approximate surface area is 260 Å². The number of rotatable bonds is 13. The number of likely N-dealkylation sites (tertiary alicyclic amines) is 1. The van der Waals surface area contributed by atoms with E-state index in [2.05, 4.69) is 77.3 Å². The van der Waals surface area contributed by atoms with Crippen LogP contribution in [0.4, 0.5) is 11.5 Å². The van der Waals surface area contributed by atoms with Gasteiger partial charge < -0.3 is 30.5 Å². The molecule has 10 heteroatoms. The highest BCUT2D eigenvalue weighted by atomic mass is 16.5. The Balaban J connectivity index is 1.40. The van der Waals surface area contributed by atoms with Crippen molar-refractivity contribution in [3.63, 3.8) is 0 Å². The van der Waals surface area contributed by atoms with Crippen molar-refractivity contribution in [2.45, 2.75) is 58.5 Å². The van der Waals surface area contributed by atoms with Crippen LogP contribution in [0.1, 0.15) is 49.4 Å². The Morgan fingerprint density at radius 2 is 1.95 bits per heavy atom. The van der Waals surface area contributed by atoms with Crippen molar-refractivity contribution in [3.8, 4) is 6.01 Å². The normalized spacial score (nSPS) is 16.8. The van der Waals surface area contributed by atoms with E-state index in [-0.39, 0.29) is 5.91 Å². The van der Waals surface area contributed by atoms with Crippen LogP contribution in [0, 0.1) is 6.92 Å². The SMILES string of the molecule is CCCN(CCCNC(=O)/C=C/C(N)=O)c1nc(OC[C@@H]2CCCN2C)nc2c1CCN(c1cccc3cccc(C)c13)C2. The van der Waals surface area contributed by atoms with Crippen molar-refractivity contribution in [1.82, 2.24) is 20.2 Å². The zero-order chi connectivity index (χ0) is 31.1. The summed E-state index contributed by atoms with van der Waals surface area (Å²) in [6.45, 7) is 9.56. The highest BCUT2D eigenvalue weighted by Gasteiger charge is 2.28. The molecule has 3 aromatic rings. The zero-order valence-electron chi connectivity index (χ0n) is 26.2. The molecule has 1 aromatic heterocycles. The third kappa shape index (κ3) is 7.48. The number of anilines is 2. The van der Waals surface area contributed by atoms with E-state index in [1.165, 1.54) is 40.1 Å². The smallest absolute Gasteiger partial charge is 0.318 e. The van der Waals surface area contributed by atoms with Crippen molar-refractivity contribution in [3.05, 3.63) is 65.4 Å². The molecule has 234 valence electrons. The molecule has 3 heterocycles. The van der Waals surface area contributed by atoms with Gasteiger partial charge in [-0.3, -0.25) is 9.59 Å². The van der Waals surface area contributed by atoms with Gasteiger partial charge >= 0.3 is 6.01 Å². The Bertz CT molecular complexity index is 1500. The second kappa shape index (κ2) is 14.5. The van der Waals surface area contributed by atoms with E-state index in [0.717, 1.165) is 62.9 Å². The van der Waals surface area contributed by atoms with Crippen molar-refractivity contribution >= 4 is 34.1 Å². The molecule has 1 fully saturated rings. The molecular weight excluding hydrogens is 554 g/mol. The van der Waals surface area contributed by atoms with Gasteiger partial charge in [0.25, 0.3) is 0 Å². The summed E-state index contributed by atoms with van der Waals surface area (Å²) in [7, 11) is 2.15. The molecule has 3 N–H and O–H groups in total. The number of likely N-dealkylation sites (N-methyl/N-ethyl adjacent to an activating group) is 1. The molecule has 0 aliphatic carbocycles. The standard InChI is InChI=1S/C34H45N7O3/c1-4-18-40(20-8-17-36-31(43)15-14-30(35)42)33-27-16-21-41(29-13-6-11-25-10-5-9-24(2)32(25)29)22-28(27)37-34(38-33)44-23-26-12-7-19-39(26)3/h5-6,9-11,13-15,26H,4,7-8,12,16-23H2,1-3H3,(H2,35,42)(H,36,43)/b15-14+/t26-/m0/s1. The number of aryl methyl sites for hydroxylation is 1. The quantitative estimate of drug-likeness (QED) is 0.226. The van der Waals surface area contributed by atoms with E-state index in [0.29, 0.717) is 38.3 Å². The largest absolute Gasteiger partial charge is 0.462 e. The first-order chi connectivity index (χ1) is 21.3. The predicted octanol–water partition coefficient (Wildman–Crippen LogP) is 3.74. The summed E-state index contributed by atoms with van der Waals surface area (Å²) >= 11 is 0. The van der Waals surface area contributed by atoms with Crippen molar-refractivity contribution in [1.29, 1.82) is 0 Å². The Morgan fingerprint density at radius 3 is 2.70 bits per heavy atom. The summed E-state index contributed by atoms with van der Waals surface area (Å²) in [4.78, 5) is 40.1. The van der Waals surface area contributed by atoms with E-state index in [1.54, 1.807) is 0 Å². The third-order valence-corrected chi connectivity index (χ3v) is 8.63. The lowest BCUT2D eigenvalue weighted by atomic mass is 9.99. The van der Waals surface area contributed by atoms with Crippen LogP contribution < -0.4 is 25.6 Å². The first-order valence-corrected chi connectivity index (χ1v) is 15.8. The van der Waals surface area contributed by atoms with Gasteiger partial charge in [-0.25, -0.2) is 0 Å². The minimum atomic E-state index is -0.644. The first-order valence-electron chi connectivity index (χ1n) is 15.8. The molecule has 2 aromatic carbocycles.